The van der Waals surface area contributed by atoms with Gasteiger partial charge in [-0.15, -0.1) is 0 Å². The SMILES string of the molecule is O=S1(=O)CCC(N2CCCC2CCO)C1. The summed E-state index contributed by atoms with van der Waals surface area (Å²) in [5, 5.41) is 8.95. The van der Waals surface area contributed by atoms with Crippen LogP contribution in [0.5, 0.6) is 0 Å². The Morgan fingerprint density at radius 2 is 2.13 bits per heavy atom. The molecule has 2 heterocycles. The molecule has 88 valence electrons. The first-order valence-electron chi connectivity index (χ1n) is 5.69. The third-order valence-electron chi connectivity index (χ3n) is 3.56. The molecule has 2 aliphatic rings. The highest BCUT2D eigenvalue weighted by Crippen LogP contribution is 2.27. The van der Waals surface area contributed by atoms with Gasteiger partial charge in [0.1, 0.15) is 0 Å². The molecule has 2 saturated heterocycles. The maximum Gasteiger partial charge on any atom is 0.151 e. The van der Waals surface area contributed by atoms with Crippen LogP contribution in [0.4, 0.5) is 0 Å². The molecule has 0 aliphatic carbocycles. The number of nitrogens with zero attached hydrogens (tertiary/aromatic N) is 1. The fourth-order valence-electron chi connectivity index (χ4n) is 2.83. The largest absolute Gasteiger partial charge is 0.396 e. The van der Waals surface area contributed by atoms with E-state index in [9.17, 15) is 8.42 Å². The molecule has 1 N–H and O–H groups in total. The Kier molecular flexibility index (Phi) is 3.33. The normalized spacial score (nSPS) is 36.1. The molecule has 0 aromatic heterocycles. The fourth-order valence-corrected chi connectivity index (χ4v) is 4.58. The summed E-state index contributed by atoms with van der Waals surface area (Å²) in [7, 11) is -2.78. The van der Waals surface area contributed by atoms with Gasteiger partial charge in [0, 0.05) is 18.7 Å². The molecule has 2 fully saturated rings. The zero-order valence-corrected chi connectivity index (χ0v) is 9.75. The monoisotopic (exact) mass is 233 g/mol. The molecule has 2 rings (SSSR count). The van der Waals surface area contributed by atoms with Crippen molar-refractivity contribution in [2.24, 2.45) is 0 Å². The van der Waals surface area contributed by atoms with E-state index >= 15 is 0 Å². The highest BCUT2D eigenvalue weighted by molar-refractivity contribution is 7.91. The highest BCUT2D eigenvalue weighted by Gasteiger charge is 2.37. The summed E-state index contributed by atoms with van der Waals surface area (Å²) < 4.78 is 22.8. The molecular formula is C10H19NO3S. The Bertz CT molecular complexity index is 315. The maximum absolute atomic E-state index is 11.4. The van der Waals surface area contributed by atoms with Crippen molar-refractivity contribution in [3.63, 3.8) is 0 Å². The lowest BCUT2D eigenvalue weighted by atomic mass is 10.1. The van der Waals surface area contributed by atoms with E-state index in [0.717, 1.165) is 32.2 Å². The van der Waals surface area contributed by atoms with Gasteiger partial charge >= 0.3 is 0 Å². The van der Waals surface area contributed by atoms with Crippen molar-refractivity contribution in [1.29, 1.82) is 0 Å². The number of hydrogen-bond acceptors (Lipinski definition) is 4. The molecule has 15 heavy (non-hydrogen) atoms. The number of hydrogen-bond donors (Lipinski definition) is 1. The van der Waals surface area contributed by atoms with Crippen LogP contribution in [-0.4, -0.2) is 55.2 Å². The zero-order chi connectivity index (χ0) is 10.9. The van der Waals surface area contributed by atoms with Crippen LogP contribution in [0.3, 0.4) is 0 Å². The topological polar surface area (TPSA) is 57.6 Å². The Morgan fingerprint density at radius 1 is 1.33 bits per heavy atom. The lowest BCUT2D eigenvalue weighted by molar-refractivity contribution is 0.159. The summed E-state index contributed by atoms with van der Waals surface area (Å²) in [6.07, 6.45) is 3.82. The van der Waals surface area contributed by atoms with Gasteiger partial charge in [-0.1, -0.05) is 0 Å². The van der Waals surface area contributed by atoms with E-state index < -0.39 is 9.84 Å². The Morgan fingerprint density at radius 3 is 2.73 bits per heavy atom. The summed E-state index contributed by atoms with van der Waals surface area (Å²) in [6.45, 7) is 1.21. The first-order chi connectivity index (χ1) is 7.12. The third-order valence-corrected chi connectivity index (χ3v) is 5.31. The van der Waals surface area contributed by atoms with E-state index in [4.69, 9.17) is 5.11 Å². The highest BCUT2D eigenvalue weighted by atomic mass is 32.2. The van der Waals surface area contributed by atoms with E-state index in [0.29, 0.717) is 17.5 Å². The van der Waals surface area contributed by atoms with Gasteiger partial charge < -0.3 is 5.11 Å². The zero-order valence-electron chi connectivity index (χ0n) is 8.93. The predicted molar refractivity (Wildman–Crippen MR) is 58.5 cm³/mol. The second-order valence-electron chi connectivity index (χ2n) is 4.60. The number of sulfone groups is 1. The Hall–Kier alpha value is -0.130. The Labute approximate surface area is 91.2 Å². The van der Waals surface area contributed by atoms with Crippen molar-refractivity contribution in [2.75, 3.05) is 24.7 Å². The Balaban J connectivity index is 1.98. The summed E-state index contributed by atoms with van der Waals surface area (Å²) in [6, 6.07) is 0.627. The number of likely N-dealkylation sites (tertiary alicyclic amines) is 1. The summed E-state index contributed by atoms with van der Waals surface area (Å²) in [5.41, 5.74) is 0. The minimum absolute atomic E-state index is 0.209. The van der Waals surface area contributed by atoms with E-state index in [1.54, 1.807) is 0 Å². The van der Waals surface area contributed by atoms with Crippen molar-refractivity contribution in [1.82, 2.24) is 4.90 Å². The molecule has 0 spiro atoms. The van der Waals surface area contributed by atoms with Gasteiger partial charge in [0.2, 0.25) is 0 Å². The van der Waals surface area contributed by atoms with Gasteiger partial charge in [-0.05, 0) is 32.2 Å². The molecule has 2 unspecified atom stereocenters. The van der Waals surface area contributed by atoms with Crippen molar-refractivity contribution >= 4 is 9.84 Å². The lowest BCUT2D eigenvalue weighted by Gasteiger charge is -2.29. The molecular weight excluding hydrogens is 214 g/mol. The number of rotatable bonds is 3. The van der Waals surface area contributed by atoms with Crippen molar-refractivity contribution in [3.8, 4) is 0 Å². The summed E-state index contributed by atoms with van der Waals surface area (Å²) >= 11 is 0. The third kappa shape index (κ3) is 2.52. The van der Waals surface area contributed by atoms with Crippen LogP contribution in [-0.2, 0) is 9.84 Å². The lowest BCUT2D eigenvalue weighted by Crippen LogP contribution is -2.40. The van der Waals surface area contributed by atoms with Crippen LogP contribution in [0.15, 0.2) is 0 Å². The molecule has 0 bridgehead atoms. The standard InChI is InChI=1S/C10H19NO3S/c12-6-3-9-2-1-5-11(9)10-4-7-15(13,14)8-10/h9-10,12H,1-8H2. The molecule has 2 aliphatic heterocycles. The van der Waals surface area contributed by atoms with Gasteiger partial charge in [0.05, 0.1) is 11.5 Å². The molecule has 5 heteroatoms. The molecule has 0 aromatic rings. The van der Waals surface area contributed by atoms with Crippen molar-refractivity contribution in [2.45, 2.75) is 37.8 Å². The minimum atomic E-state index is -2.78. The minimum Gasteiger partial charge on any atom is -0.396 e. The van der Waals surface area contributed by atoms with Gasteiger partial charge in [-0.2, -0.15) is 0 Å². The van der Waals surface area contributed by atoms with Crippen LogP contribution in [0.1, 0.15) is 25.7 Å². The molecule has 4 nitrogen and oxygen atoms in total. The van der Waals surface area contributed by atoms with Crippen LogP contribution in [0, 0.1) is 0 Å². The van der Waals surface area contributed by atoms with E-state index in [2.05, 4.69) is 4.90 Å². The second kappa shape index (κ2) is 4.39. The van der Waals surface area contributed by atoms with E-state index in [1.165, 1.54) is 0 Å². The predicted octanol–water partition coefficient (Wildman–Crippen LogP) is 0.0203. The maximum atomic E-state index is 11.4. The van der Waals surface area contributed by atoms with Crippen LogP contribution < -0.4 is 0 Å². The number of aliphatic hydroxyl groups is 1. The van der Waals surface area contributed by atoms with Gasteiger partial charge in [0.15, 0.2) is 9.84 Å². The molecule has 0 saturated carbocycles. The van der Waals surface area contributed by atoms with Crippen LogP contribution >= 0.6 is 0 Å². The average molecular weight is 233 g/mol. The first-order valence-corrected chi connectivity index (χ1v) is 7.51. The van der Waals surface area contributed by atoms with E-state index in [-0.39, 0.29) is 12.6 Å². The van der Waals surface area contributed by atoms with Gasteiger partial charge in [-0.3, -0.25) is 4.90 Å². The van der Waals surface area contributed by atoms with E-state index in [1.807, 2.05) is 0 Å². The molecule has 2 atom stereocenters. The summed E-state index contributed by atoms with van der Waals surface area (Å²) in [4.78, 5) is 2.31. The molecule has 0 aromatic carbocycles. The average Bonchev–Trinajstić information content (AvgIpc) is 2.72. The summed E-state index contributed by atoms with van der Waals surface area (Å²) in [5.74, 6) is 0.676. The van der Waals surface area contributed by atoms with Gasteiger partial charge in [0.25, 0.3) is 0 Å². The van der Waals surface area contributed by atoms with Gasteiger partial charge in [-0.25, -0.2) is 8.42 Å². The van der Waals surface area contributed by atoms with Crippen LogP contribution in [0.25, 0.3) is 0 Å². The second-order valence-corrected chi connectivity index (χ2v) is 6.83. The quantitative estimate of drug-likeness (QED) is 0.746. The fraction of sp³-hybridized carbons (Fsp3) is 1.00. The van der Waals surface area contributed by atoms with Crippen LogP contribution in [0.2, 0.25) is 0 Å². The number of aliphatic hydroxyl groups excluding tert-OH is 1. The van der Waals surface area contributed by atoms with Crippen molar-refractivity contribution in [3.05, 3.63) is 0 Å². The van der Waals surface area contributed by atoms with Crippen molar-refractivity contribution < 1.29 is 13.5 Å². The molecule has 0 radical (unpaired) electrons. The first kappa shape index (κ1) is 11.4. The smallest absolute Gasteiger partial charge is 0.151 e. The molecule has 0 amide bonds.